The number of nitrogens with one attached hydrogen (secondary N) is 2. The van der Waals surface area contributed by atoms with E-state index < -0.39 is 17.7 Å². The molecule has 0 saturated heterocycles. The molecule has 0 aliphatic heterocycles. The Labute approximate surface area is 131 Å². The minimum absolute atomic E-state index is 0.349. The van der Waals surface area contributed by atoms with Gasteiger partial charge in [-0.2, -0.15) is 0 Å². The molecule has 1 atom stereocenters. The lowest BCUT2D eigenvalue weighted by Gasteiger charge is -2.22. The van der Waals surface area contributed by atoms with Gasteiger partial charge in [0.25, 0.3) is 0 Å². The van der Waals surface area contributed by atoms with E-state index in [1.54, 1.807) is 45.9 Å². The van der Waals surface area contributed by atoms with Crippen LogP contribution in [0.25, 0.3) is 0 Å². The van der Waals surface area contributed by atoms with E-state index in [1.165, 1.54) is 0 Å². The van der Waals surface area contributed by atoms with E-state index in [-0.39, 0.29) is 5.91 Å². The van der Waals surface area contributed by atoms with E-state index in [4.69, 9.17) is 9.47 Å². The molecule has 2 amide bonds. The summed E-state index contributed by atoms with van der Waals surface area (Å²) in [6.45, 7) is 9.23. The number of anilines is 1. The zero-order valence-corrected chi connectivity index (χ0v) is 13.7. The van der Waals surface area contributed by atoms with Crippen molar-refractivity contribution in [3.63, 3.8) is 0 Å². The molecule has 0 bridgehead atoms. The molecule has 0 aliphatic rings. The number of ether oxygens (including phenoxy) is 2. The van der Waals surface area contributed by atoms with Crippen LogP contribution < -0.4 is 15.4 Å². The molecule has 0 aromatic heterocycles. The molecule has 0 spiro atoms. The number of amides is 2. The second-order valence-corrected chi connectivity index (χ2v) is 5.79. The molecule has 1 aromatic rings. The Morgan fingerprint density at radius 3 is 2.45 bits per heavy atom. The lowest BCUT2D eigenvalue weighted by Crippen LogP contribution is -2.44. The summed E-state index contributed by atoms with van der Waals surface area (Å²) >= 11 is 0. The minimum atomic E-state index is -0.732. The van der Waals surface area contributed by atoms with Crippen molar-refractivity contribution in [1.82, 2.24) is 5.32 Å². The molecule has 1 aromatic carbocycles. The fourth-order valence-corrected chi connectivity index (χ4v) is 1.64. The third-order valence-electron chi connectivity index (χ3n) is 2.57. The van der Waals surface area contributed by atoms with Crippen LogP contribution in [0.1, 0.15) is 34.6 Å². The van der Waals surface area contributed by atoms with E-state index in [0.29, 0.717) is 18.0 Å². The van der Waals surface area contributed by atoms with Crippen molar-refractivity contribution in [1.29, 1.82) is 0 Å². The number of para-hydroxylation sites is 2. The zero-order chi connectivity index (χ0) is 16.8. The number of carbonyl (C=O) groups is 2. The highest BCUT2D eigenvalue weighted by Crippen LogP contribution is 2.23. The van der Waals surface area contributed by atoms with Crippen molar-refractivity contribution in [2.24, 2.45) is 0 Å². The highest BCUT2D eigenvalue weighted by molar-refractivity contribution is 5.97. The van der Waals surface area contributed by atoms with Gasteiger partial charge in [0.15, 0.2) is 0 Å². The number of alkyl carbamates (subject to hydrolysis) is 1. The van der Waals surface area contributed by atoms with Crippen LogP contribution in [-0.4, -0.2) is 30.3 Å². The van der Waals surface area contributed by atoms with Crippen LogP contribution in [0, 0.1) is 0 Å². The Kier molecular flexibility index (Phi) is 6.22. The number of hydrogen-bond donors (Lipinski definition) is 2. The molecule has 0 saturated carbocycles. The molecule has 0 fully saturated rings. The summed E-state index contributed by atoms with van der Waals surface area (Å²) in [5.41, 5.74) is -0.0471. The van der Waals surface area contributed by atoms with Crippen molar-refractivity contribution in [2.75, 3.05) is 11.9 Å². The van der Waals surface area contributed by atoms with Gasteiger partial charge in [-0.15, -0.1) is 0 Å². The SMILES string of the molecule is CCOc1ccccc1NC(=O)[C@@H](C)NC(=O)OC(C)(C)C. The quantitative estimate of drug-likeness (QED) is 0.877. The number of rotatable bonds is 5. The maximum atomic E-state index is 12.1. The maximum Gasteiger partial charge on any atom is 0.408 e. The molecule has 0 radical (unpaired) electrons. The Bertz CT molecular complexity index is 523. The zero-order valence-electron chi connectivity index (χ0n) is 13.7. The first-order valence-electron chi connectivity index (χ1n) is 7.25. The molecule has 0 aliphatic carbocycles. The van der Waals surface area contributed by atoms with Gasteiger partial charge in [0, 0.05) is 0 Å². The van der Waals surface area contributed by atoms with Gasteiger partial charge < -0.3 is 20.1 Å². The molecule has 22 heavy (non-hydrogen) atoms. The van der Waals surface area contributed by atoms with Crippen molar-refractivity contribution < 1.29 is 19.1 Å². The summed E-state index contributed by atoms with van der Waals surface area (Å²) in [6.07, 6.45) is -0.631. The number of hydrogen-bond acceptors (Lipinski definition) is 4. The molecule has 1 rings (SSSR count). The number of carbonyl (C=O) groups excluding carboxylic acids is 2. The van der Waals surface area contributed by atoms with E-state index in [0.717, 1.165) is 0 Å². The van der Waals surface area contributed by atoms with Crippen molar-refractivity contribution in [3.8, 4) is 5.75 Å². The van der Waals surface area contributed by atoms with Gasteiger partial charge in [-0.05, 0) is 46.8 Å². The first-order valence-corrected chi connectivity index (χ1v) is 7.25. The normalized spacial score (nSPS) is 12.2. The molecule has 0 heterocycles. The Hall–Kier alpha value is -2.24. The van der Waals surface area contributed by atoms with E-state index in [9.17, 15) is 9.59 Å². The van der Waals surface area contributed by atoms with Crippen LogP contribution >= 0.6 is 0 Å². The van der Waals surface area contributed by atoms with Gasteiger partial charge >= 0.3 is 6.09 Å². The molecule has 122 valence electrons. The van der Waals surface area contributed by atoms with Crippen LogP contribution in [0.2, 0.25) is 0 Å². The summed E-state index contributed by atoms with van der Waals surface area (Å²) in [6, 6.07) is 6.39. The first kappa shape index (κ1) is 17.8. The second kappa shape index (κ2) is 7.68. The van der Waals surface area contributed by atoms with Crippen LogP contribution in [0.5, 0.6) is 5.75 Å². The van der Waals surface area contributed by atoms with E-state index in [1.807, 2.05) is 13.0 Å². The fraction of sp³-hybridized carbons (Fsp3) is 0.500. The lowest BCUT2D eigenvalue weighted by atomic mass is 10.2. The third-order valence-corrected chi connectivity index (χ3v) is 2.57. The second-order valence-electron chi connectivity index (χ2n) is 5.79. The highest BCUT2D eigenvalue weighted by atomic mass is 16.6. The van der Waals surface area contributed by atoms with Crippen molar-refractivity contribution in [3.05, 3.63) is 24.3 Å². The number of benzene rings is 1. The molecular weight excluding hydrogens is 284 g/mol. The third kappa shape index (κ3) is 6.03. The van der Waals surface area contributed by atoms with Crippen LogP contribution in [0.4, 0.5) is 10.5 Å². The summed E-state index contributed by atoms with van der Waals surface area (Å²) in [5, 5.41) is 5.22. The predicted octanol–water partition coefficient (Wildman–Crippen LogP) is 2.94. The van der Waals surface area contributed by atoms with Gasteiger partial charge in [-0.1, -0.05) is 12.1 Å². The highest BCUT2D eigenvalue weighted by Gasteiger charge is 2.21. The van der Waals surface area contributed by atoms with Gasteiger partial charge in [-0.25, -0.2) is 4.79 Å². The smallest absolute Gasteiger partial charge is 0.408 e. The summed E-state index contributed by atoms with van der Waals surface area (Å²) in [5.74, 6) is 0.237. The molecule has 6 heteroatoms. The standard InChI is InChI=1S/C16H24N2O4/c1-6-21-13-10-8-7-9-12(13)18-14(19)11(2)17-15(20)22-16(3,4)5/h7-11H,6H2,1-5H3,(H,17,20)(H,18,19)/t11-/m1/s1. The van der Waals surface area contributed by atoms with E-state index >= 15 is 0 Å². The van der Waals surface area contributed by atoms with Gasteiger partial charge in [-0.3, -0.25) is 4.79 Å². The molecular formula is C16H24N2O4. The molecule has 6 nitrogen and oxygen atoms in total. The fourth-order valence-electron chi connectivity index (χ4n) is 1.64. The van der Waals surface area contributed by atoms with Crippen LogP contribution in [0.15, 0.2) is 24.3 Å². The lowest BCUT2D eigenvalue weighted by molar-refractivity contribution is -0.117. The van der Waals surface area contributed by atoms with Gasteiger partial charge in [0.1, 0.15) is 17.4 Å². The maximum absolute atomic E-state index is 12.1. The first-order chi connectivity index (χ1) is 10.2. The van der Waals surface area contributed by atoms with Crippen molar-refractivity contribution >= 4 is 17.7 Å². The monoisotopic (exact) mass is 308 g/mol. The van der Waals surface area contributed by atoms with Crippen molar-refractivity contribution in [2.45, 2.75) is 46.3 Å². The molecule has 0 unspecified atom stereocenters. The summed E-state index contributed by atoms with van der Waals surface area (Å²) in [4.78, 5) is 23.8. The average molecular weight is 308 g/mol. The Morgan fingerprint density at radius 2 is 1.86 bits per heavy atom. The van der Waals surface area contributed by atoms with E-state index in [2.05, 4.69) is 10.6 Å². The summed E-state index contributed by atoms with van der Waals surface area (Å²) in [7, 11) is 0. The van der Waals surface area contributed by atoms with Crippen LogP contribution in [-0.2, 0) is 9.53 Å². The topological polar surface area (TPSA) is 76.7 Å². The Morgan fingerprint density at radius 1 is 1.23 bits per heavy atom. The van der Waals surface area contributed by atoms with Gasteiger partial charge in [0.05, 0.1) is 12.3 Å². The predicted molar refractivity (Wildman–Crippen MR) is 85.1 cm³/mol. The van der Waals surface area contributed by atoms with Crippen LogP contribution in [0.3, 0.4) is 0 Å². The average Bonchev–Trinajstić information content (AvgIpc) is 2.38. The summed E-state index contributed by atoms with van der Waals surface area (Å²) < 4.78 is 10.6. The largest absolute Gasteiger partial charge is 0.492 e. The Balaban J connectivity index is 2.63. The molecule has 2 N–H and O–H groups in total. The van der Waals surface area contributed by atoms with Gasteiger partial charge in [0.2, 0.25) is 5.91 Å². The minimum Gasteiger partial charge on any atom is -0.492 e.